The van der Waals surface area contributed by atoms with Crippen molar-refractivity contribution in [2.75, 3.05) is 6.26 Å². The molecule has 5 atom stereocenters. The van der Waals surface area contributed by atoms with Crippen LogP contribution in [0, 0.1) is 36.0 Å². The first-order valence-corrected chi connectivity index (χ1v) is 16.3. The summed E-state index contributed by atoms with van der Waals surface area (Å²) in [6, 6.07) is 10.3. The van der Waals surface area contributed by atoms with Gasteiger partial charge in [-0.1, -0.05) is 71.9 Å². The number of hydrogen-bond acceptors (Lipinski definition) is 4. The highest BCUT2D eigenvalue weighted by atomic mass is 32.2. The number of rotatable bonds is 8. The zero-order valence-electron chi connectivity index (χ0n) is 25.0. The smallest absolute Gasteiger partial charge is 0.264 e. The molecule has 0 N–H and O–H groups in total. The lowest BCUT2D eigenvalue weighted by molar-refractivity contribution is -0.0535. The normalized spacial score (nSPS) is 26.6. The molecule has 4 nitrogen and oxygen atoms in total. The molecule has 3 aliphatic rings. The predicted octanol–water partition coefficient (Wildman–Crippen LogP) is 8.38. The largest absolute Gasteiger partial charge is 0.488 e. The number of hydrogen-bond donors (Lipinski definition) is 0. The van der Waals surface area contributed by atoms with Gasteiger partial charge in [0, 0.05) is 5.57 Å². The quantitative estimate of drug-likeness (QED) is 0.185. The summed E-state index contributed by atoms with van der Waals surface area (Å²) < 4.78 is 35.9. The highest BCUT2D eigenvalue weighted by molar-refractivity contribution is 7.86. The first kappa shape index (κ1) is 32.7. The molecule has 3 aliphatic carbocycles. The van der Waals surface area contributed by atoms with Crippen LogP contribution in [0.25, 0.3) is 0 Å². The first-order valence-electron chi connectivity index (χ1n) is 14.4. The zero-order chi connectivity index (χ0) is 29.2. The van der Waals surface area contributed by atoms with E-state index in [4.69, 9.17) is 8.92 Å². The Kier molecular flexibility index (Phi) is 12.4. The van der Waals surface area contributed by atoms with Crippen molar-refractivity contribution < 1.29 is 17.3 Å². The fourth-order valence-electron chi connectivity index (χ4n) is 6.57. The maximum Gasteiger partial charge on any atom is 0.264 e. The van der Waals surface area contributed by atoms with Gasteiger partial charge in [0.2, 0.25) is 0 Å². The maximum atomic E-state index is 12.0. The van der Waals surface area contributed by atoms with Gasteiger partial charge in [-0.05, 0) is 90.6 Å². The van der Waals surface area contributed by atoms with Crippen molar-refractivity contribution in [2.45, 2.75) is 92.8 Å². The van der Waals surface area contributed by atoms with Crippen LogP contribution in [0.3, 0.4) is 0 Å². The molecular weight excluding hydrogens is 504 g/mol. The molecule has 5 heteroatoms. The second kappa shape index (κ2) is 14.8. The SMILES string of the molecule is C#C.CC.CCC1=C=CC2=C(C=C1OCc1ccccc1)CCC1C2CCC(C)(C(CC)OS(C)(=O)=O)C1C. The average molecular weight is 553 g/mol. The Bertz CT molecular complexity index is 1200. The van der Waals surface area contributed by atoms with E-state index in [0.29, 0.717) is 30.8 Å². The third kappa shape index (κ3) is 7.79. The van der Waals surface area contributed by atoms with Crippen molar-refractivity contribution in [3.05, 3.63) is 76.3 Å². The summed E-state index contributed by atoms with van der Waals surface area (Å²) in [6.45, 7) is 13.3. The van der Waals surface area contributed by atoms with Gasteiger partial charge < -0.3 is 4.74 Å². The minimum Gasteiger partial charge on any atom is -0.488 e. The summed E-state index contributed by atoms with van der Waals surface area (Å²) in [7, 11) is -3.49. The molecule has 0 aromatic heterocycles. The third-order valence-electron chi connectivity index (χ3n) is 8.70. The molecule has 1 fully saturated rings. The summed E-state index contributed by atoms with van der Waals surface area (Å²) in [4.78, 5) is 0. The monoisotopic (exact) mass is 552 g/mol. The van der Waals surface area contributed by atoms with E-state index in [1.165, 1.54) is 17.4 Å². The van der Waals surface area contributed by atoms with Crippen LogP contribution < -0.4 is 0 Å². The van der Waals surface area contributed by atoms with Crippen LogP contribution in [0.2, 0.25) is 0 Å². The zero-order valence-corrected chi connectivity index (χ0v) is 25.8. The summed E-state index contributed by atoms with van der Waals surface area (Å²) in [5, 5.41) is 0. The van der Waals surface area contributed by atoms with Crippen molar-refractivity contribution in [1.82, 2.24) is 0 Å². The highest BCUT2D eigenvalue weighted by Crippen LogP contribution is 2.56. The topological polar surface area (TPSA) is 52.6 Å². The molecule has 39 heavy (non-hydrogen) atoms. The van der Waals surface area contributed by atoms with Crippen LogP contribution in [0.5, 0.6) is 0 Å². The number of allylic oxidation sites excluding steroid dienone is 4. The molecule has 0 bridgehead atoms. The molecule has 0 radical (unpaired) electrons. The fraction of sp³-hybridized carbons (Fsp3) is 0.559. The van der Waals surface area contributed by atoms with Gasteiger partial charge in [-0.15, -0.1) is 18.6 Å². The third-order valence-corrected chi connectivity index (χ3v) is 9.29. The summed E-state index contributed by atoms with van der Waals surface area (Å²) in [6.07, 6.45) is 19.1. The van der Waals surface area contributed by atoms with Crippen LogP contribution in [0.15, 0.2) is 70.7 Å². The van der Waals surface area contributed by atoms with E-state index >= 15 is 0 Å². The van der Waals surface area contributed by atoms with Crippen molar-refractivity contribution in [1.29, 1.82) is 0 Å². The molecule has 0 spiro atoms. The lowest BCUT2D eigenvalue weighted by Gasteiger charge is -2.53. The number of ether oxygens (including phenoxy) is 1. The minimum absolute atomic E-state index is 0.157. The molecular formula is C34H48O4S. The van der Waals surface area contributed by atoms with E-state index in [2.05, 4.69) is 63.6 Å². The Balaban J connectivity index is 0.00000127. The van der Waals surface area contributed by atoms with Gasteiger partial charge in [0.25, 0.3) is 10.1 Å². The lowest BCUT2D eigenvalue weighted by atomic mass is 9.53. The van der Waals surface area contributed by atoms with Gasteiger partial charge in [0.15, 0.2) is 0 Å². The van der Waals surface area contributed by atoms with Gasteiger partial charge in [0.1, 0.15) is 12.4 Å². The predicted molar refractivity (Wildman–Crippen MR) is 162 cm³/mol. The van der Waals surface area contributed by atoms with Crippen LogP contribution >= 0.6 is 0 Å². The molecule has 0 amide bonds. The van der Waals surface area contributed by atoms with Crippen molar-refractivity contribution >= 4 is 10.1 Å². The Morgan fingerprint density at radius 3 is 2.38 bits per heavy atom. The van der Waals surface area contributed by atoms with Gasteiger partial charge >= 0.3 is 0 Å². The second-order valence-corrected chi connectivity index (χ2v) is 12.3. The molecule has 1 aromatic rings. The molecule has 0 aliphatic heterocycles. The van der Waals surface area contributed by atoms with Gasteiger partial charge in [-0.25, -0.2) is 0 Å². The van der Waals surface area contributed by atoms with E-state index < -0.39 is 10.1 Å². The Morgan fingerprint density at radius 2 is 1.79 bits per heavy atom. The van der Waals surface area contributed by atoms with Crippen LogP contribution in [-0.2, 0) is 25.6 Å². The molecule has 1 saturated carbocycles. The maximum absolute atomic E-state index is 12.0. The Labute approximate surface area is 238 Å². The van der Waals surface area contributed by atoms with E-state index in [1.54, 1.807) is 0 Å². The lowest BCUT2D eigenvalue weighted by Crippen LogP contribution is -2.49. The van der Waals surface area contributed by atoms with E-state index in [1.807, 2.05) is 39.0 Å². The van der Waals surface area contributed by atoms with Crippen LogP contribution in [0.1, 0.15) is 85.6 Å². The van der Waals surface area contributed by atoms with Crippen LogP contribution in [-0.4, -0.2) is 20.8 Å². The fourth-order valence-corrected chi connectivity index (χ4v) is 7.35. The van der Waals surface area contributed by atoms with Gasteiger partial charge in [0.05, 0.1) is 12.4 Å². The minimum atomic E-state index is -3.49. The number of terminal acetylenes is 1. The van der Waals surface area contributed by atoms with E-state index in [0.717, 1.165) is 49.0 Å². The molecule has 4 rings (SSSR count). The average Bonchev–Trinajstić information content (AvgIpc) is 3.13. The highest BCUT2D eigenvalue weighted by Gasteiger charge is 2.50. The van der Waals surface area contributed by atoms with Crippen molar-refractivity contribution in [3.8, 4) is 12.8 Å². The Hall–Kier alpha value is -2.51. The first-order chi connectivity index (χ1) is 18.7. The van der Waals surface area contributed by atoms with E-state index in [9.17, 15) is 8.42 Å². The van der Waals surface area contributed by atoms with Crippen LogP contribution in [0.4, 0.5) is 0 Å². The summed E-state index contributed by atoms with van der Waals surface area (Å²) in [5.74, 6) is 2.28. The molecule has 214 valence electrons. The summed E-state index contributed by atoms with van der Waals surface area (Å²) >= 11 is 0. The number of fused-ring (bicyclic) bond motifs is 2. The standard InChI is InChI=1S/C30H40O4S.C2H6.C2H2/c1-6-23-13-16-26-24(19-28(23)33-20-22-11-9-8-10-12-22)14-15-25-21(3)30(4,18-17-27(25)26)29(7-2)34-35(5,31)32;2*1-2/h8-12,16,19,21,25,27,29H,6-7,14-15,17-18,20H2,1-5H3;1-2H3;1-2H. The van der Waals surface area contributed by atoms with Crippen molar-refractivity contribution in [3.63, 3.8) is 0 Å². The van der Waals surface area contributed by atoms with E-state index in [-0.39, 0.29) is 11.5 Å². The molecule has 0 saturated heterocycles. The second-order valence-electron chi connectivity index (χ2n) is 10.7. The van der Waals surface area contributed by atoms with Gasteiger partial charge in [-0.3, -0.25) is 4.18 Å². The summed E-state index contributed by atoms with van der Waals surface area (Å²) in [5.41, 5.74) is 8.49. The molecule has 0 heterocycles. The number of benzene rings is 1. The van der Waals surface area contributed by atoms with Gasteiger partial charge in [-0.2, -0.15) is 8.42 Å². The van der Waals surface area contributed by atoms with Crippen molar-refractivity contribution in [2.24, 2.45) is 23.2 Å². The molecule has 5 unspecified atom stereocenters. The Morgan fingerprint density at radius 1 is 1.13 bits per heavy atom. The molecule has 1 aromatic carbocycles.